The molecule has 0 saturated carbocycles. The number of carboxylic acids is 1. The number of alkyl halides is 3. The quantitative estimate of drug-likeness (QED) is 0.765. The molecule has 0 aromatic rings. The summed E-state index contributed by atoms with van der Waals surface area (Å²) >= 11 is 0. The van der Waals surface area contributed by atoms with Crippen LogP contribution in [-0.4, -0.2) is 61.3 Å². The van der Waals surface area contributed by atoms with E-state index in [2.05, 4.69) is 4.74 Å². The topological polar surface area (TPSA) is 59.0 Å². The van der Waals surface area contributed by atoms with E-state index in [1.165, 1.54) is 0 Å². The number of nitrogens with zero attached hydrogens (tertiary/aromatic N) is 1. The van der Waals surface area contributed by atoms with Gasteiger partial charge in [-0.1, -0.05) is 6.92 Å². The summed E-state index contributed by atoms with van der Waals surface area (Å²) in [6.45, 7) is 2.24. The Hall–Kier alpha value is -0.860. The standard InChI is InChI=1S/C11H18F3NO4/c1-2-3-15(4-5-19-11(12,13)14)9-7-18-6-8(9)10(16)17/h8-9H,2-7H2,1H3,(H,16,17). The summed E-state index contributed by atoms with van der Waals surface area (Å²) in [5.41, 5.74) is 0. The first-order valence-corrected chi connectivity index (χ1v) is 6.10. The Morgan fingerprint density at radius 2 is 2.11 bits per heavy atom. The summed E-state index contributed by atoms with van der Waals surface area (Å²) in [4.78, 5) is 12.7. The minimum Gasteiger partial charge on any atom is -0.481 e. The second-order valence-corrected chi connectivity index (χ2v) is 4.38. The lowest BCUT2D eigenvalue weighted by molar-refractivity contribution is -0.325. The number of hydrogen-bond donors (Lipinski definition) is 1. The van der Waals surface area contributed by atoms with E-state index in [1.54, 1.807) is 4.90 Å². The molecule has 0 bridgehead atoms. The Balaban J connectivity index is 2.53. The first kappa shape index (κ1) is 16.2. The molecule has 0 aromatic heterocycles. The Labute approximate surface area is 109 Å². The maximum absolute atomic E-state index is 11.9. The van der Waals surface area contributed by atoms with E-state index in [1.807, 2.05) is 6.92 Å². The van der Waals surface area contributed by atoms with Gasteiger partial charge in [-0.3, -0.25) is 14.4 Å². The molecular weight excluding hydrogens is 267 g/mol. The van der Waals surface area contributed by atoms with Crippen LogP contribution in [0.5, 0.6) is 0 Å². The fraction of sp³-hybridized carbons (Fsp3) is 0.909. The van der Waals surface area contributed by atoms with Crippen LogP contribution in [0, 0.1) is 5.92 Å². The molecule has 5 nitrogen and oxygen atoms in total. The van der Waals surface area contributed by atoms with Gasteiger partial charge in [-0.05, 0) is 13.0 Å². The summed E-state index contributed by atoms with van der Waals surface area (Å²) in [5, 5.41) is 9.04. The maximum atomic E-state index is 11.9. The number of aliphatic carboxylic acids is 1. The van der Waals surface area contributed by atoms with Crippen LogP contribution < -0.4 is 0 Å². The molecule has 1 saturated heterocycles. The van der Waals surface area contributed by atoms with Gasteiger partial charge in [0.15, 0.2) is 0 Å². The molecule has 0 aromatic carbocycles. The third kappa shape index (κ3) is 5.33. The van der Waals surface area contributed by atoms with Gasteiger partial charge in [0.1, 0.15) is 0 Å². The average Bonchev–Trinajstić information content (AvgIpc) is 2.75. The molecule has 1 heterocycles. The highest BCUT2D eigenvalue weighted by molar-refractivity contribution is 5.71. The van der Waals surface area contributed by atoms with Gasteiger partial charge in [0.05, 0.1) is 25.7 Å². The average molecular weight is 285 g/mol. The van der Waals surface area contributed by atoms with E-state index >= 15 is 0 Å². The van der Waals surface area contributed by atoms with Crippen LogP contribution in [0.3, 0.4) is 0 Å². The summed E-state index contributed by atoms with van der Waals surface area (Å²) in [7, 11) is 0. The molecule has 19 heavy (non-hydrogen) atoms. The van der Waals surface area contributed by atoms with Gasteiger partial charge >= 0.3 is 12.3 Å². The van der Waals surface area contributed by atoms with Crippen LogP contribution in [0.2, 0.25) is 0 Å². The Morgan fingerprint density at radius 3 is 2.63 bits per heavy atom. The van der Waals surface area contributed by atoms with Crippen LogP contribution in [0.25, 0.3) is 0 Å². The summed E-state index contributed by atoms with van der Waals surface area (Å²) in [6.07, 6.45) is -3.94. The molecule has 0 spiro atoms. The van der Waals surface area contributed by atoms with E-state index < -0.39 is 30.9 Å². The predicted molar refractivity (Wildman–Crippen MR) is 59.6 cm³/mol. The third-order valence-corrected chi connectivity index (χ3v) is 2.99. The highest BCUT2D eigenvalue weighted by atomic mass is 19.4. The van der Waals surface area contributed by atoms with Crippen molar-refractivity contribution >= 4 is 5.97 Å². The lowest BCUT2D eigenvalue weighted by atomic mass is 10.0. The smallest absolute Gasteiger partial charge is 0.481 e. The molecule has 2 atom stereocenters. The number of hydrogen-bond acceptors (Lipinski definition) is 4. The van der Waals surface area contributed by atoms with Crippen LogP contribution in [0.1, 0.15) is 13.3 Å². The third-order valence-electron chi connectivity index (χ3n) is 2.99. The lowest BCUT2D eigenvalue weighted by Crippen LogP contribution is -2.45. The molecule has 1 rings (SSSR count). The molecule has 8 heteroatoms. The van der Waals surface area contributed by atoms with Crippen molar-refractivity contribution in [3.63, 3.8) is 0 Å². The van der Waals surface area contributed by atoms with Crippen molar-refractivity contribution in [2.45, 2.75) is 25.7 Å². The summed E-state index contributed by atoms with van der Waals surface area (Å²) < 4.78 is 44.6. The van der Waals surface area contributed by atoms with Crippen LogP contribution in [0.4, 0.5) is 13.2 Å². The highest BCUT2D eigenvalue weighted by Gasteiger charge is 2.38. The molecule has 0 radical (unpaired) electrons. The van der Waals surface area contributed by atoms with Crippen LogP contribution in [0.15, 0.2) is 0 Å². The molecule has 1 N–H and O–H groups in total. The first-order chi connectivity index (χ1) is 8.85. The van der Waals surface area contributed by atoms with E-state index in [0.717, 1.165) is 6.42 Å². The number of carbonyl (C=O) groups is 1. The zero-order chi connectivity index (χ0) is 14.5. The Morgan fingerprint density at radius 1 is 1.42 bits per heavy atom. The monoisotopic (exact) mass is 285 g/mol. The fourth-order valence-corrected chi connectivity index (χ4v) is 2.15. The number of halogens is 3. The van der Waals surface area contributed by atoms with Gasteiger partial charge in [-0.25, -0.2) is 0 Å². The van der Waals surface area contributed by atoms with Gasteiger partial charge in [-0.15, -0.1) is 13.2 Å². The van der Waals surface area contributed by atoms with Crippen LogP contribution in [-0.2, 0) is 14.3 Å². The lowest BCUT2D eigenvalue weighted by Gasteiger charge is -2.29. The second kappa shape index (κ2) is 7.06. The molecule has 1 aliphatic heterocycles. The molecule has 1 fully saturated rings. The van der Waals surface area contributed by atoms with E-state index in [9.17, 15) is 18.0 Å². The van der Waals surface area contributed by atoms with Crippen molar-refractivity contribution in [1.29, 1.82) is 0 Å². The van der Waals surface area contributed by atoms with E-state index in [0.29, 0.717) is 6.54 Å². The fourth-order valence-electron chi connectivity index (χ4n) is 2.15. The van der Waals surface area contributed by atoms with Crippen molar-refractivity contribution in [3.8, 4) is 0 Å². The van der Waals surface area contributed by atoms with Gasteiger partial charge < -0.3 is 9.84 Å². The molecule has 1 aliphatic rings. The number of rotatable bonds is 7. The number of ether oxygens (including phenoxy) is 2. The second-order valence-electron chi connectivity index (χ2n) is 4.38. The van der Waals surface area contributed by atoms with Gasteiger partial charge in [0.25, 0.3) is 0 Å². The molecule has 112 valence electrons. The number of carboxylic acid groups (broad SMARTS) is 1. The predicted octanol–water partition coefficient (Wildman–Crippen LogP) is 1.33. The van der Waals surface area contributed by atoms with Crippen molar-refractivity contribution < 1.29 is 32.5 Å². The zero-order valence-corrected chi connectivity index (χ0v) is 10.7. The summed E-state index contributed by atoms with van der Waals surface area (Å²) in [6, 6.07) is -0.394. The van der Waals surface area contributed by atoms with Gasteiger partial charge in [-0.2, -0.15) is 0 Å². The minimum absolute atomic E-state index is 0.0329. The molecule has 0 aliphatic carbocycles. The van der Waals surface area contributed by atoms with Gasteiger partial charge in [0, 0.05) is 12.6 Å². The minimum atomic E-state index is -4.66. The molecule has 0 amide bonds. The molecule has 2 unspecified atom stereocenters. The zero-order valence-electron chi connectivity index (χ0n) is 10.7. The summed E-state index contributed by atoms with van der Waals surface area (Å²) in [5.74, 6) is -1.68. The Bertz CT molecular complexity index is 298. The van der Waals surface area contributed by atoms with E-state index in [4.69, 9.17) is 9.84 Å². The van der Waals surface area contributed by atoms with Crippen molar-refractivity contribution in [2.24, 2.45) is 5.92 Å². The highest BCUT2D eigenvalue weighted by Crippen LogP contribution is 2.21. The SMILES string of the molecule is CCCN(CCOC(F)(F)F)C1COCC1C(=O)O. The first-order valence-electron chi connectivity index (χ1n) is 6.10. The van der Waals surface area contributed by atoms with Gasteiger partial charge in [0.2, 0.25) is 0 Å². The molecular formula is C11H18F3NO4. The van der Waals surface area contributed by atoms with Crippen molar-refractivity contribution in [3.05, 3.63) is 0 Å². The van der Waals surface area contributed by atoms with Crippen molar-refractivity contribution in [2.75, 3.05) is 32.9 Å². The largest absolute Gasteiger partial charge is 0.522 e. The Kier molecular flexibility index (Phi) is 6.02. The van der Waals surface area contributed by atoms with Crippen LogP contribution >= 0.6 is 0 Å². The van der Waals surface area contributed by atoms with Crippen molar-refractivity contribution in [1.82, 2.24) is 4.90 Å². The van der Waals surface area contributed by atoms with E-state index in [-0.39, 0.29) is 19.8 Å². The normalized spacial score (nSPS) is 24.1. The maximum Gasteiger partial charge on any atom is 0.522 e.